The van der Waals surface area contributed by atoms with Gasteiger partial charge in [0, 0.05) is 10.6 Å². The molecule has 0 fully saturated rings. The number of amides is 2. The number of halogens is 1. The number of carbonyl (C=O) groups excluding carboxylic acids is 1. The van der Waals surface area contributed by atoms with Gasteiger partial charge in [-0.05, 0) is 48.9 Å². The van der Waals surface area contributed by atoms with Crippen LogP contribution in [0.25, 0.3) is 10.6 Å². The summed E-state index contributed by atoms with van der Waals surface area (Å²) in [6, 6.07) is 13.2. The number of benzene rings is 2. The molecule has 3 N–H and O–H groups in total. The van der Waals surface area contributed by atoms with Crippen molar-refractivity contribution < 1.29 is 9.90 Å². The Bertz CT molecular complexity index is 939. The summed E-state index contributed by atoms with van der Waals surface area (Å²) < 4.78 is 0. The molecule has 0 spiro atoms. The smallest absolute Gasteiger partial charge is 0.341 e. The Morgan fingerprint density at radius 1 is 1.12 bits per heavy atom. The second-order valence-corrected chi connectivity index (χ2v) is 6.64. The number of phenolic OH excluding ortho intramolecular Hbond substituents is 1. The predicted octanol–water partition coefficient (Wildman–Crippen LogP) is 4.11. The lowest BCUT2D eigenvalue weighted by atomic mass is 10.1. The van der Waals surface area contributed by atoms with E-state index in [4.69, 9.17) is 11.6 Å². The molecule has 7 nitrogen and oxygen atoms in total. The molecule has 0 aliphatic heterocycles. The van der Waals surface area contributed by atoms with Crippen LogP contribution in [0.5, 0.6) is 5.75 Å². The van der Waals surface area contributed by atoms with E-state index in [1.165, 1.54) is 11.3 Å². The fourth-order valence-electron chi connectivity index (χ4n) is 2.01. The number of aromatic hydroxyl groups is 1. The summed E-state index contributed by atoms with van der Waals surface area (Å²) in [6.07, 6.45) is 0. The molecule has 0 radical (unpaired) electrons. The second kappa shape index (κ2) is 7.94. The van der Waals surface area contributed by atoms with Crippen LogP contribution in [0.1, 0.15) is 12.5 Å². The van der Waals surface area contributed by atoms with Crippen LogP contribution in [0.2, 0.25) is 5.02 Å². The minimum atomic E-state index is -0.522. The van der Waals surface area contributed by atoms with Crippen LogP contribution in [0, 0.1) is 0 Å². The van der Waals surface area contributed by atoms with E-state index in [2.05, 4.69) is 26.0 Å². The van der Waals surface area contributed by atoms with E-state index in [1.54, 1.807) is 43.3 Å². The van der Waals surface area contributed by atoms with Crippen LogP contribution >= 0.6 is 22.9 Å². The van der Waals surface area contributed by atoms with Crippen molar-refractivity contribution in [2.45, 2.75) is 6.92 Å². The number of hydrogen-bond acceptors (Lipinski definition) is 6. The molecule has 2 aromatic carbocycles. The largest absolute Gasteiger partial charge is 0.508 e. The van der Waals surface area contributed by atoms with Gasteiger partial charge in [-0.3, -0.25) is 5.32 Å². The number of hydrogen-bond donors (Lipinski definition) is 3. The van der Waals surface area contributed by atoms with Crippen LogP contribution < -0.4 is 10.7 Å². The predicted molar refractivity (Wildman–Crippen MR) is 103 cm³/mol. The van der Waals surface area contributed by atoms with Gasteiger partial charge in [-0.25, -0.2) is 10.2 Å². The molecule has 9 heteroatoms. The second-order valence-electron chi connectivity index (χ2n) is 5.23. The average Bonchev–Trinajstić information content (AvgIpc) is 3.09. The Hall–Kier alpha value is -2.97. The Morgan fingerprint density at radius 2 is 1.81 bits per heavy atom. The highest BCUT2D eigenvalue weighted by molar-refractivity contribution is 7.18. The number of nitrogens with zero attached hydrogens (tertiary/aromatic N) is 3. The van der Waals surface area contributed by atoms with Crippen LogP contribution in [0.3, 0.4) is 0 Å². The lowest BCUT2D eigenvalue weighted by Crippen LogP contribution is -2.25. The van der Waals surface area contributed by atoms with Gasteiger partial charge in [-0.15, -0.1) is 10.2 Å². The summed E-state index contributed by atoms with van der Waals surface area (Å²) in [5.41, 5.74) is 4.69. The third-order valence-electron chi connectivity index (χ3n) is 3.35. The van der Waals surface area contributed by atoms with Gasteiger partial charge in [0.25, 0.3) is 0 Å². The summed E-state index contributed by atoms with van der Waals surface area (Å²) >= 11 is 7.06. The Balaban J connectivity index is 1.60. The molecule has 0 aliphatic carbocycles. The fourth-order valence-corrected chi connectivity index (χ4v) is 2.88. The van der Waals surface area contributed by atoms with E-state index < -0.39 is 6.03 Å². The molecular weight excluding hydrogens is 374 g/mol. The quantitative estimate of drug-likeness (QED) is 0.463. The van der Waals surface area contributed by atoms with E-state index in [1.807, 2.05) is 12.1 Å². The lowest BCUT2D eigenvalue weighted by molar-refractivity contribution is 0.252. The van der Waals surface area contributed by atoms with E-state index in [0.717, 1.165) is 11.1 Å². The maximum Gasteiger partial charge on any atom is 0.341 e. The standard InChI is InChI=1S/C17H14ClN5O2S/c1-10(11-2-6-13(18)7-3-11)20-22-16(25)19-17-23-21-15(26-17)12-4-8-14(24)9-5-12/h2-9,24H,1H3,(H2,19,22,23,25)/b20-10+. The monoisotopic (exact) mass is 387 g/mol. The Labute approximate surface area is 158 Å². The first-order valence-electron chi connectivity index (χ1n) is 7.51. The van der Waals surface area contributed by atoms with Crippen molar-refractivity contribution in [1.82, 2.24) is 15.6 Å². The van der Waals surface area contributed by atoms with Crippen molar-refractivity contribution in [3.8, 4) is 16.3 Å². The van der Waals surface area contributed by atoms with E-state index in [9.17, 15) is 9.90 Å². The zero-order valence-corrected chi connectivity index (χ0v) is 15.2. The molecule has 0 aliphatic rings. The molecule has 0 unspecified atom stereocenters. The van der Waals surface area contributed by atoms with Crippen LogP contribution in [-0.2, 0) is 0 Å². The topological polar surface area (TPSA) is 99.5 Å². The van der Waals surface area contributed by atoms with Crippen molar-refractivity contribution in [3.05, 3.63) is 59.1 Å². The summed E-state index contributed by atoms with van der Waals surface area (Å²) in [4.78, 5) is 11.9. The first kappa shape index (κ1) is 17.8. The maximum absolute atomic E-state index is 11.9. The minimum Gasteiger partial charge on any atom is -0.508 e. The van der Waals surface area contributed by atoms with E-state index >= 15 is 0 Å². The van der Waals surface area contributed by atoms with Gasteiger partial charge in [0.1, 0.15) is 10.8 Å². The number of hydrazone groups is 1. The third kappa shape index (κ3) is 4.56. The molecule has 1 heterocycles. The number of rotatable bonds is 4. The molecule has 26 heavy (non-hydrogen) atoms. The van der Waals surface area contributed by atoms with Crippen molar-refractivity contribution in [1.29, 1.82) is 0 Å². The molecule has 1 aromatic heterocycles. The van der Waals surface area contributed by atoms with Crippen molar-refractivity contribution >= 4 is 39.8 Å². The third-order valence-corrected chi connectivity index (χ3v) is 4.49. The fraction of sp³-hybridized carbons (Fsp3) is 0.0588. The first-order valence-corrected chi connectivity index (χ1v) is 8.71. The summed E-state index contributed by atoms with van der Waals surface area (Å²) in [5, 5.41) is 25.5. The van der Waals surface area contributed by atoms with E-state index in [0.29, 0.717) is 20.9 Å². The molecular formula is C17H14ClN5O2S. The highest BCUT2D eigenvalue weighted by Gasteiger charge is 2.09. The van der Waals surface area contributed by atoms with E-state index in [-0.39, 0.29) is 5.75 Å². The maximum atomic E-state index is 11.9. The Kier molecular flexibility index (Phi) is 5.45. The zero-order chi connectivity index (χ0) is 18.5. The summed E-state index contributed by atoms with van der Waals surface area (Å²) in [6.45, 7) is 1.78. The van der Waals surface area contributed by atoms with Crippen LogP contribution in [0.15, 0.2) is 53.6 Å². The molecule has 132 valence electrons. The lowest BCUT2D eigenvalue weighted by Gasteiger charge is -2.03. The molecule has 2 amide bonds. The number of carbonyl (C=O) groups is 1. The van der Waals surface area contributed by atoms with Crippen LogP contribution in [0.4, 0.5) is 9.93 Å². The molecule has 3 aromatic rings. The SMILES string of the molecule is C/C(=N\NC(=O)Nc1nnc(-c2ccc(O)cc2)s1)c1ccc(Cl)cc1. The molecule has 0 saturated carbocycles. The van der Waals surface area contributed by atoms with Crippen molar-refractivity contribution in [3.63, 3.8) is 0 Å². The molecule has 3 rings (SSSR count). The highest BCUT2D eigenvalue weighted by Crippen LogP contribution is 2.27. The number of urea groups is 1. The van der Waals surface area contributed by atoms with Crippen LogP contribution in [-0.4, -0.2) is 27.0 Å². The van der Waals surface area contributed by atoms with Gasteiger partial charge < -0.3 is 5.11 Å². The molecule has 0 atom stereocenters. The van der Waals surface area contributed by atoms with Gasteiger partial charge in [-0.2, -0.15) is 5.10 Å². The highest BCUT2D eigenvalue weighted by atomic mass is 35.5. The number of aromatic nitrogens is 2. The molecule has 0 bridgehead atoms. The zero-order valence-electron chi connectivity index (χ0n) is 13.6. The average molecular weight is 388 g/mol. The summed E-state index contributed by atoms with van der Waals surface area (Å²) in [5.74, 6) is 0.171. The van der Waals surface area contributed by atoms with Crippen molar-refractivity contribution in [2.75, 3.05) is 5.32 Å². The van der Waals surface area contributed by atoms with Gasteiger partial charge in [-0.1, -0.05) is 35.1 Å². The Morgan fingerprint density at radius 3 is 2.50 bits per heavy atom. The van der Waals surface area contributed by atoms with Gasteiger partial charge in [0.2, 0.25) is 5.13 Å². The van der Waals surface area contributed by atoms with Gasteiger partial charge in [0.15, 0.2) is 0 Å². The normalized spacial score (nSPS) is 11.2. The first-order chi connectivity index (χ1) is 12.5. The number of phenols is 1. The number of nitrogens with one attached hydrogen (secondary N) is 2. The number of anilines is 1. The van der Waals surface area contributed by atoms with Gasteiger partial charge in [0.05, 0.1) is 5.71 Å². The van der Waals surface area contributed by atoms with Gasteiger partial charge >= 0.3 is 6.03 Å². The minimum absolute atomic E-state index is 0.171. The molecule has 0 saturated heterocycles. The summed E-state index contributed by atoms with van der Waals surface area (Å²) in [7, 11) is 0. The van der Waals surface area contributed by atoms with Crippen molar-refractivity contribution in [2.24, 2.45) is 5.10 Å².